The lowest BCUT2D eigenvalue weighted by atomic mass is 10.0. The van der Waals surface area contributed by atoms with Crippen LogP contribution in [0.4, 0.5) is 4.39 Å². The minimum atomic E-state index is -0.254. The van der Waals surface area contributed by atoms with Gasteiger partial charge < -0.3 is 10.1 Å². The lowest BCUT2D eigenvalue weighted by Crippen LogP contribution is -1.87. The molecule has 0 unspecified atom stereocenters. The minimum Gasteiger partial charge on any atom is -0.508 e. The van der Waals surface area contributed by atoms with E-state index in [-0.39, 0.29) is 11.6 Å². The Balaban J connectivity index is 2.06. The molecule has 0 aliphatic heterocycles. The number of hydrogen-bond acceptors (Lipinski definition) is 1. The van der Waals surface area contributed by atoms with Crippen molar-refractivity contribution < 1.29 is 9.50 Å². The molecule has 1 aromatic heterocycles. The van der Waals surface area contributed by atoms with Gasteiger partial charge in [-0.05, 0) is 23.3 Å². The summed E-state index contributed by atoms with van der Waals surface area (Å²) in [7, 11) is 0. The van der Waals surface area contributed by atoms with Crippen molar-refractivity contribution >= 4 is 10.9 Å². The SMILES string of the molecule is Oc1ccccc1Cc1c[nH]c2c(F)cccc12. The fourth-order valence-electron chi connectivity index (χ4n) is 2.19. The number of aromatic amines is 1. The third-order valence-corrected chi connectivity index (χ3v) is 3.12. The monoisotopic (exact) mass is 241 g/mol. The molecule has 3 aromatic rings. The van der Waals surface area contributed by atoms with E-state index >= 15 is 0 Å². The van der Waals surface area contributed by atoms with Crippen LogP contribution in [0, 0.1) is 5.82 Å². The van der Waals surface area contributed by atoms with Gasteiger partial charge in [0.1, 0.15) is 11.6 Å². The van der Waals surface area contributed by atoms with Gasteiger partial charge in [0, 0.05) is 18.0 Å². The Morgan fingerprint density at radius 1 is 1.00 bits per heavy atom. The minimum absolute atomic E-state index is 0.254. The molecular formula is C15H12FNO. The molecular weight excluding hydrogens is 229 g/mol. The van der Waals surface area contributed by atoms with E-state index in [0.717, 1.165) is 16.5 Å². The highest BCUT2D eigenvalue weighted by Crippen LogP contribution is 2.26. The number of aromatic hydroxyl groups is 1. The lowest BCUT2D eigenvalue weighted by molar-refractivity contribution is 0.469. The predicted molar refractivity (Wildman–Crippen MR) is 69.2 cm³/mol. The number of H-pyrrole nitrogens is 1. The van der Waals surface area contributed by atoms with Crippen LogP contribution in [0.5, 0.6) is 5.75 Å². The van der Waals surface area contributed by atoms with Crippen LogP contribution in [0.25, 0.3) is 10.9 Å². The maximum Gasteiger partial charge on any atom is 0.147 e. The van der Waals surface area contributed by atoms with Gasteiger partial charge in [-0.2, -0.15) is 0 Å². The maximum atomic E-state index is 13.5. The third kappa shape index (κ3) is 1.74. The molecule has 0 saturated carbocycles. The Kier molecular flexibility index (Phi) is 2.52. The highest BCUT2D eigenvalue weighted by Gasteiger charge is 2.09. The number of hydrogen-bond donors (Lipinski definition) is 2. The molecule has 2 N–H and O–H groups in total. The summed E-state index contributed by atoms with van der Waals surface area (Å²) in [5.74, 6) is 0.0132. The van der Waals surface area contributed by atoms with Gasteiger partial charge in [-0.25, -0.2) is 4.39 Å². The number of fused-ring (bicyclic) bond motifs is 1. The number of halogens is 1. The maximum absolute atomic E-state index is 13.5. The zero-order chi connectivity index (χ0) is 12.5. The van der Waals surface area contributed by atoms with Crippen molar-refractivity contribution in [1.82, 2.24) is 4.98 Å². The molecule has 0 spiro atoms. The number of phenols is 1. The van der Waals surface area contributed by atoms with E-state index in [1.807, 2.05) is 18.2 Å². The number of aromatic nitrogens is 1. The van der Waals surface area contributed by atoms with Gasteiger partial charge in [0.25, 0.3) is 0 Å². The summed E-state index contributed by atoms with van der Waals surface area (Å²) >= 11 is 0. The summed E-state index contributed by atoms with van der Waals surface area (Å²) in [5.41, 5.74) is 2.33. The van der Waals surface area contributed by atoms with E-state index in [0.29, 0.717) is 11.9 Å². The number of nitrogens with one attached hydrogen (secondary N) is 1. The average Bonchev–Trinajstić information content (AvgIpc) is 2.77. The van der Waals surface area contributed by atoms with Crippen molar-refractivity contribution in [2.45, 2.75) is 6.42 Å². The topological polar surface area (TPSA) is 36.0 Å². The third-order valence-electron chi connectivity index (χ3n) is 3.12. The van der Waals surface area contributed by atoms with Crippen LogP contribution in [0.2, 0.25) is 0 Å². The molecule has 0 fully saturated rings. The molecule has 0 aliphatic rings. The number of benzene rings is 2. The lowest BCUT2D eigenvalue weighted by Gasteiger charge is -2.03. The Morgan fingerprint density at radius 3 is 2.67 bits per heavy atom. The van der Waals surface area contributed by atoms with Gasteiger partial charge >= 0.3 is 0 Å². The van der Waals surface area contributed by atoms with Crippen LogP contribution in [0.3, 0.4) is 0 Å². The first-order valence-electron chi connectivity index (χ1n) is 5.77. The van der Waals surface area contributed by atoms with Crippen molar-refractivity contribution in [3.63, 3.8) is 0 Å². The smallest absolute Gasteiger partial charge is 0.147 e. The molecule has 2 aromatic carbocycles. The molecule has 0 amide bonds. The molecule has 0 aliphatic carbocycles. The average molecular weight is 241 g/mol. The van der Waals surface area contributed by atoms with E-state index in [2.05, 4.69) is 4.98 Å². The molecule has 2 nitrogen and oxygen atoms in total. The zero-order valence-electron chi connectivity index (χ0n) is 9.65. The second kappa shape index (κ2) is 4.18. The molecule has 18 heavy (non-hydrogen) atoms. The van der Waals surface area contributed by atoms with Crippen LogP contribution in [-0.4, -0.2) is 10.1 Å². The first-order chi connectivity index (χ1) is 8.75. The zero-order valence-corrected chi connectivity index (χ0v) is 9.65. The largest absolute Gasteiger partial charge is 0.508 e. The van der Waals surface area contributed by atoms with Crippen LogP contribution < -0.4 is 0 Å². The second-order valence-electron chi connectivity index (χ2n) is 4.28. The first kappa shape index (κ1) is 10.8. The summed E-state index contributed by atoms with van der Waals surface area (Å²) in [6.45, 7) is 0. The highest BCUT2D eigenvalue weighted by molar-refractivity contribution is 5.84. The number of phenolic OH excluding ortho intramolecular Hbond substituents is 1. The Bertz CT molecular complexity index is 703. The van der Waals surface area contributed by atoms with Gasteiger partial charge in [-0.3, -0.25) is 0 Å². The van der Waals surface area contributed by atoms with E-state index < -0.39 is 0 Å². The fourth-order valence-corrected chi connectivity index (χ4v) is 2.19. The van der Waals surface area contributed by atoms with Gasteiger partial charge in [-0.15, -0.1) is 0 Å². The molecule has 0 saturated heterocycles. The van der Waals surface area contributed by atoms with Gasteiger partial charge in [0.2, 0.25) is 0 Å². The first-order valence-corrected chi connectivity index (χ1v) is 5.77. The van der Waals surface area contributed by atoms with Crippen molar-refractivity contribution in [3.8, 4) is 5.75 Å². The molecule has 0 radical (unpaired) electrons. The molecule has 90 valence electrons. The second-order valence-corrected chi connectivity index (χ2v) is 4.28. The molecule has 3 rings (SSSR count). The summed E-state index contributed by atoms with van der Waals surface area (Å²) in [6.07, 6.45) is 2.37. The molecule has 0 atom stereocenters. The Morgan fingerprint density at radius 2 is 1.83 bits per heavy atom. The van der Waals surface area contributed by atoms with E-state index in [1.165, 1.54) is 6.07 Å². The summed E-state index contributed by atoms with van der Waals surface area (Å²) in [4.78, 5) is 2.94. The van der Waals surface area contributed by atoms with Gasteiger partial charge in [-0.1, -0.05) is 30.3 Å². The normalized spacial score (nSPS) is 10.9. The van der Waals surface area contributed by atoms with Crippen LogP contribution in [0.1, 0.15) is 11.1 Å². The van der Waals surface area contributed by atoms with Gasteiger partial charge in [0.15, 0.2) is 0 Å². The van der Waals surface area contributed by atoms with Crippen molar-refractivity contribution in [2.75, 3.05) is 0 Å². The van der Waals surface area contributed by atoms with Crippen LogP contribution >= 0.6 is 0 Å². The molecule has 0 bridgehead atoms. The molecule has 3 heteroatoms. The fraction of sp³-hybridized carbons (Fsp3) is 0.0667. The number of para-hydroxylation sites is 2. The van der Waals surface area contributed by atoms with E-state index in [4.69, 9.17) is 0 Å². The van der Waals surface area contributed by atoms with Crippen LogP contribution in [0.15, 0.2) is 48.7 Å². The standard InChI is InChI=1S/C15H12FNO/c16-13-6-3-5-12-11(9-17-15(12)13)8-10-4-1-2-7-14(10)18/h1-7,9,17-18H,8H2. The predicted octanol–water partition coefficient (Wildman–Crippen LogP) is 3.60. The molecule has 1 heterocycles. The van der Waals surface area contributed by atoms with E-state index in [9.17, 15) is 9.50 Å². The number of rotatable bonds is 2. The van der Waals surface area contributed by atoms with E-state index in [1.54, 1.807) is 24.4 Å². The van der Waals surface area contributed by atoms with Crippen molar-refractivity contribution in [1.29, 1.82) is 0 Å². The Hall–Kier alpha value is -2.29. The van der Waals surface area contributed by atoms with Crippen molar-refractivity contribution in [2.24, 2.45) is 0 Å². The summed E-state index contributed by atoms with van der Waals surface area (Å²) in [5, 5.41) is 10.6. The van der Waals surface area contributed by atoms with Crippen LogP contribution in [-0.2, 0) is 6.42 Å². The quantitative estimate of drug-likeness (QED) is 0.706. The summed E-state index contributed by atoms with van der Waals surface area (Å²) < 4.78 is 13.5. The van der Waals surface area contributed by atoms with Gasteiger partial charge in [0.05, 0.1) is 5.52 Å². The highest BCUT2D eigenvalue weighted by atomic mass is 19.1. The Labute approximate surface area is 104 Å². The van der Waals surface area contributed by atoms with Crippen molar-refractivity contribution in [3.05, 3.63) is 65.6 Å². The summed E-state index contributed by atoms with van der Waals surface area (Å²) in [6, 6.07) is 12.2.